The number of aliphatic hydroxyl groups is 2. The molecule has 1 fully saturated rings. The van der Waals surface area contributed by atoms with E-state index >= 15 is 0 Å². The molecule has 0 heterocycles. The van der Waals surface area contributed by atoms with Crippen molar-refractivity contribution >= 4 is 0 Å². The minimum atomic E-state index is -0.223. The molecule has 0 bridgehead atoms. The van der Waals surface area contributed by atoms with Crippen molar-refractivity contribution in [3.8, 4) is 0 Å². The second kappa shape index (κ2) is 6.38. The lowest BCUT2D eigenvalue weighted by molar-refractivity contribution is 0.144. The maximum Gasteiger partial charge on any atom is 0.0524 e. The van der Waals surface area contributed by atoms with Gasteiger partial charge in [-0.25, -0.2) is 0 Å². The van der Waals surface area contributed by atoms with Gasteiger partial charge in [-0.1, -0.05) is 12.8 Å². The molecule has 3 N–H and O–H groups in total. The van der Waals surface area contributed by atoms with Gasteiger partial charge in [0.1, 0.15) is 0 Å². The molecule has 3 heteroatoms. The van der Waals surface area contributed by atoms with Gasteiger partial charge in [-0.3, -0.25) is 0 Å². The van der Waals surface area contributed by atoms with Gasteiger partial charge in [-0.05, 0) is 38.6 Å². The molecule has 84 valence electrons. The molecule has 1 aliphatic rings. The quantitative estimate of drug-likeness (QED) is 0.619. The van der Waals surface area contributed by atoms with Gasteiger partial charge in [0.15, 0.2) is 0 Å². The largest absolute Gasteiger partial charge is 0.396 e. The van der Waals surface area contributed by atoms with Gasteiger partial charge >= 0.3 is 0 Å². The molecule has 1 rings (SSSR count). The van der Waals surface area contributed by atoms with E-state index in [1.807, 2.05) is 6.92 Å². The minimum absolute atomic E-state index is 0.223. The zero-order valence-corrected chi connectivity index (χ0v) is 9.08. The first-order chi connectivity index (χ1) is 6.74. The second-order valence-corrected chi connectivity index (χ2v) is 4.43. The first kappa shape index (κ1) is 12.0. The average Bonchev–Trinajstić information content (AvgIpc) is 2.18. The van der Waals surface area contributed by atoms with Crippen molar-refractivity contribution in [1.82, 2.24) is 5.32 Å². The molecule has 1 aliphatic carbocycles. The topological polar surface area (TPSA) is 52.5 Å². The third-order valence-corrected chi connectivity index (χ3v) is 3.11. The highest BCUT2D eigenvalue weighted by molar-refractivity contribution is 4.80. The molecule has 3 atom stereocenters. The maximum atomic E-state index is 9.18. The smallest absolute Gasteiger partial charge is 0.0524 e. The Hall–Kier alpha value is -0.120. The summed E-state index contributed by atoms with van der Waals surface area (Å²) in [6.07, 6.45) is 5.41. The predicted molar refractivity (Wildman–Crippen MR) is 57.1 cm³/mol. The van der Waals surface area contributed by atoms with E-state index in [1.54, 1.807) is 0 Å². The van der Waals surface area contributed by atoms with E-state index in [0.29, 0.717) is 18.6 Å². The number of nitrogens with one attached hydrogen (secondary N) is 1. The molecular formula is C11H23NO2. The Balaban J connectivity index is 2.19. The zero-order valence-electron chi connectivity index (χ0n) is 9.08. The van der Waals surface area contributed by atoms with Crippen molar-refractivity contribution in [2.24, 2.45) is 5.92 Å². The van der Waals surface area contributed by atoms with E-state index in [2.05, 4.69) is 5.32 Å². The molecular weight excluding hydrogens is 178 g/mol. The van der Waals surface area contributed by atoms with Crippen molar-refractivity contribution in [3.63, 3.8) is 0 Å². The average molecular weight is 201 g/mol. The Labute approximate surface area is 86.5 Å². The van der Waals surface area contributed by atoms with Crippen LogP contribution in [0.2, 0.25) is 0 Å². The molecule has 1 saturated carbocycles. The van der Waals surface area contributed by atoms with E-state index < -0.39 is 0 Å². The van der Waals surface area contributed by atoms with Gasteiger partial charge in [-0.2, -0.15) is 0 Å². The lowest BCUT2D eigenvalue weighted by atomic mass is 9.85. The molecule has 0 radical (unpaired) electrons. The van der Waals surface area contributed by atoms with Crippen molar-refractivity contribution in [2.75, 3.05) is 13.2 Å². The number of hydrogen-bond acceptors (Lipinski definition) is 3. The third-order valence-electron chi connectivity index (χ3n) is 3.11. The van der Waals surface area contributed by atoms with Gasteiger partial charge in [0.25, 0.3) is 0 Å². The molecule has 0 aliphatic heterocycles. The molecule has 14 heavy (non-hydrogen) atoms. The lowest BCUT2D eigenvalue weighted by Gasteiger charge is -2.31. The Morgan fingerprint density at radius 2 is 2.07 bits per heavy atom. The Bertz CT molecular complexity index is 150. The molecule has 0 spiro atoms. The van der Waals surface area contributed by atoms with Crippen LogP contribution in [0.4, 0.5) is 0 Å². The van der Waals surface area contributed by atoms with E-state index in [0.717, 1.165) is 19.4 Å². The fraction of sp³-hybridized carbons (Fsp3) is 1.00. The van der Waals surface area contributed by atoms with Crippen LogP contribution in [0.3, 0.4) is 0 Å². The molecule has 0 aromatic rings. The maximum absolute atomic E-state index is 9.18. The summed E-state index contributed by atoms with van der Waals surface area (Å²) in [5.74, 6) is 0.428. The summed E-state index contributed by atoms with van der Waals surface area (Å²) in [6.45, 7) is 2.97. The van der Waals surface area contributed by atoms with Gasteiger partial charge in [-0.15, -0.1) is 0 Å². The van der Waals surface area contributed by atoms with Crippen LogP contribution < -0.4 is 5.32 Å². The molecule has 0 saturated heterocycles. The van der Waals surface area contributed by atoms with Gasteiger partial charge in [0.05, 0.1) is 6.10 Å². The van der Waals surface area contributed by atoms with Crippen molar-refractivity contribution in [2.45, 2.75) is 51.2 Å². The van der Waals surface area contributed by atoms with E-state index in [4.69, 9.17) is 5.11 Å². The summed E-state index contributed by atoms with van der Waals surface area (Å²) in [4.78, 5) is 0. The van der Waals surface area contributed by atoms with Crippen LogP contribution in [0, 0.1) is 5.92 Å². The second-order valence-electron chi connectivity index (χ2n) is 4.43. The van der Waals surface area contributed by atoms with Crippen LogP contribution >= 0.6 is 0 Å². The normalized spacial score (nSPS) is 30.2. The van der Waals surface area contributed by atoms with Crippen LogP contribution in [0.1, 0.15) is 39.0 Å². The van der Waals surface area contributed by atoms with Gasteiger partial charge in [0.2, 0.25) is 0 Å². The Morgan fingerprint density at radius 1 is 1.36 bits per heavy atom. The van der Waals surface area contributed by atoms with E-state index in [9.17, 15) is 5.11 Å². The van der Waals surface area contributed by atoms with E-state index in [1.165, 1.54) is 19.3 Å². The predicted octanol–water partition coefficient (Wildman–Crippen LogP) is 0.898. The van der Waals surface area contributed by atoms with E-state index in [-0.39, 0.29) is 6.10 Å². The van der Waals surface area contributed by atoms with Crippen LogP contribution in [-0.2, 0) is 0 Å². The highest BCUT2D eigenvalue weighted by Gasteiger charge is 2.23. The van der Waals surface area contributed by atoms with Crippen LogP contribution in [0.25, 0.3) is 0 Å². The monoisotopic (exact) mass is 201 g/mol. The first-order valence-electron chi connectivity index (χ1n) is 5.76. The highest BCUT2D eigenvalue weighted by Crippen LogP contribution is 2.23. The molecule has 0 aromatic heterocycles. The summed E-state index contributed by atoms with van der Waals surface area (Å²) >= 11 is 0. The summed E-state index contributed by atoms with van der Waals surface area (Å²) < 4.78 is 0. The Kier molecular flexibility index (Phi) is 5.45. The van der Waals surface area contributed by atoms with Crippen LogP contribution in [0.15, 0.2) is 0 Å². The standard InChI is InChI=1S/C11H23NO2/c1-9(14)6-7-12-11-5-3-2-4-10(11)8-13/h9-14H,2-8H2,1H3. The van der Waals surface area contributed by atoms with Crippen LogP contribution in [0.5, 0.6) is 0 Å². The number of aliphatic hydroxyl groups excluding tert-OH is 2. The lowest BCUT2D eigenvalue weighted by Crippen LogP contribution is -2.41. The zero-order chi connectivity index (χ0) is 10.4. The number of rotatable bonds is 5. The molecule has 3 nitrogen and oxygen atoms in total. The summed E-state index contributed by atoms with van der Waals surface area (Å²) in [5, 5.41) is 21.7. The molecule has 3 unspecified atom stereocenters. The Morgan fingerprint density at radius 3 is 2.71 bits per heavy atom. The van der Waals surface area contributed by atoms with Crippen LogP contribution in [-0.4, -0.2) is 35.5 Å². The number of hydrogen-bond donors (Lipinski definition) is 3. The first-order valence-corrected chi connectivity index (χ1v) is 5.76. The molecule has 0 aromatic carbocycles. The van der Waals surface area contributed by atoms with Crippen molar-refractivity contribution in [3.05, 3.63) is 0 Å². The SMILES string of the molecule is CC(O)CCNC1CCCCC1CO. The summed E-state index contributed by atoms with van der Waals surface area (Å²) in [5.41, 5.74) is 0. The molecule has 0 amide bonds. The highest BCUT2D eigenvalue weighted by atomic mass is 16.3. The fourth-order valence-corrected chi connectivity index (χ4v) is 2.17. The summed E-state index contributed by atoms with van der Waals surface area (Å²) in [6, 6.07) is 0.465. The fourth-order valence-electron chi connectivity index (χ4n) is 2.17. The van der Waals surface area contributed by atoms with Crippen molar-refractivity contribution < 1.29 is 10.2 Å². The van der Waals surface area contributed by atoms with Crippen molar-refractivity contribution in [1.29, 1.82) is 0 Å². The third kappa shape index (κ3) is 3.95. The van der Waals surface area contributed by atoms with Gasteiger partial charge in [0, 0.05) is 12.6 Å². The summed E-state index contributed by atoms with van der Waals surface area (Å²) in [7, 11) is 0. The van der Waals surface area contributed by atoms with Gasteiger partial charge < -0.3 is 15.5 Å². The minimum Gasteiger partial charge on any atom is -0.396 e.